The number of benzene rings is 1. The first-order valence-corrected chi connectivity index (χ1v) is 8.31. The number of halogens is 3. The molecule has 0 heterocycles. The molecule has 0 bridgehead atoms. The Morgan fingerprint density at radius 3 is 2.46 bits per heavy atom. The number of carboxylic acids is 1. The van der Waals surface area contributed by atoms with Crippen molar-refractivity contribution in [2.45, 2.75) is 44.9 Å². The van der Waals surface area contributed by atoms with Crippen molar-refractivity contribution in [3.8, 4) is 0 Å². The topological polar surface area (TPSA) is 81.7 Å². The van der Waals surface area contributed by atoms with Gasteiger partial charge < -0.3 is 15.7 Å². The first-order valence-electron chi connectivity index (χ1n) is 8.31. The summed E-state index contributed by atoms with van der Waals surface area (Å²) in [5.41, 5.74) is -0.417. The first kappa shape index (κ1) is 20.0. The zero-order valence-corrected chi connectivity index (χ0v) is 14.6. The van der Waals surface area contributed by atoms with Crippen LogP contribution in [-0.2, 0) is 11.0 Å². The van der Waals surface area contributed by atoms with E-state index in [9.17, 15) is 22.8 Å². The van der Waals surface area contributed by atoms with Crippen LogP contribution in [-0.4, -0.2) is 47.2 Å². The largest absolute Gasteiger partial charge is 0.480 e. The minimum atomic E-state index is -4.42. The molecular formula is C17H22F3N3O3. The number of hydrogen-bond donors (Lipinski definition) is 3. The number of amides is 2. The number of rotatable bonds is 6. The average Bonchev–Trinajstić information content (AvgIpc) is 2.47. The lowest BCUT2D eigenvalue weighted by atomic mass is 9.85. The summed E-state index contributed by atoms with van der Waals surface area (Å²) in [6, 6.07) is 2.96. The summed E-state index contributed by atoms with van der Waals surface area (Å²) in [6.07, 6.45) is -3.14. The Balaban J connectivity index is 1.83. The van der Waals surface area contributed by atoms with Crippen molar-refractivity contribution in [1.82, 2.24) is 10.2 Å². The molecule has 0 aliphatic heterocycles. The van der Waals surface area contributed by atoms with Gasteiger partial charge in [0.2, 0.25) is 0 Å². The molecule has 1 aliphatic rings. The van der Waals surface area contributed by atoms with Gasteiger partial charge >= 0.3 is 18.2 Å². The Hall–Kier alpha value is -2.29. The Kier molecular flexibility index (Phi) is 6.12. The maximum Gasteiger partial charge on any atom is 0.416 e. The molecule has 1 aliphatic carbocycles. The van der Waals surface area contributed by atoms with Gasteiger partial charge in [-0.1, -0.05) is 6.92 Å². The number of aryl methyl sites for hydroxylation is 1. The fraction of sp³-hybridized carbons (Fsp3) is 0.529. The molecule has 0 saturated heterocycles. The van der Waals surface area contributed by atoms with Gasteiger partial charge in [-0.25, -0.2) is 4.79 Å². The van der Waals surface area contributed by atoms with Crippen LogP contribution in [0.2, 0.25) is 0 Å². The summed E-state index contributed by atoms with van der Waals surface area (Å²) in [5, 5.41) is 14.1. The summed E-state index contributed by atoms with van der Waals surface area (Å²) in [6.45, 7) is 3.79. The van der Waals surface area contributed by atoms with Crippen molar-refractivity contribution in [3.05, 3.63) is 29.3 Å². The maximum absolute atomic E-state index is 12.7. The SMILES string of the molecule is CCN(CC(=O)O)C1CC(NC(=O)Nc2ccc(C(F)(F)F)c(C)c2)C1. The number of urea groups is 1. The van der Waals surface area contributed by atoms with E-state index in [1.807, 2.05) is 11.8 Å². The number of carbonyl (C=O) groups excluding carboxylic acids is 1. The number of nitrogens with one attached hydrogen (secondary N) is 2. The summed E-state index contributed by atoms with van der Waals surface area (Å²) in [4.78, 5) is 24.6. The monoisotopic (exact) mass is 373 g/mol. The van der Waals surface area contributed by atoms with Crippen LogP contribution in [0, 0.1) is 6.92 Å². The fourth-order valence-electron chi connectivity index (χ4n) is 3.09. The van der Waals surface area contributed by atoms with Crippen molar-refractivity contribution < 1.29 is 27.9 Å². The van der Waals surface area contributed by atoms with Gasteiger partial charge in [-0.05, 0) is 50.1 Å². The molecule has 1 aromatic rings. The van der Waals surface area contributed by atoms with Gasteiger partial charge in [0.15, 0.2) is 0 Å². The minimum absolute atomic E-state index is 0.0336. The van der Waals surface area contributed by atoms with Gasteiger partial charge in [0.25, 0.3) is 0 Å². The molecule has 26 heavy (non-hydrogen) atoms. The molecular weight excluding hydrogens is 351 g/mol. The van der Waals surface area contributed by atoms with E-state index in [-0.39, 0.29) is 29.9 Å². The number of carbonyl (C=O) groups is 2. The summed E-state index contributed by atoms with van der Waals surface area (Å²) < 4.78 is 38.2. The number of nitrogens with zero attached hydrogens (tertiary/aromatic N) is 1. The van der Waals surface area contributed by atoms with Crippen LogP contribution in [0.5, 0.6) is 0 Å². The molecule has 2 rings (SSSR count). The molecule has 1 fully saturated rings. The van der Waals surface area contributed by atoms with Gasteiger partial charge in [-0.2, -0.15) is 13.2 Å². The van der Waals surface area contributed by atoms with E-state index in [0.717, 1.165) is 6.07 Å². The summed E-state index contributed by atoms with van der Waals surface area (Å²) in [7, 11) is 0. The number of likely N-dealkylation sites (N-methyl/N-ethyl adjacent to an activating group) is 1. The second-order valence-corrected chi connectivity index (χ2v) is 6.40. The fourth-order valence-corrected chi connectivity index (χ4v) is 3.09. The quantitative estimate of drug-likeness (QED) is 0.716. The zero-order valence-electron chi connectivity index (χ0n) is 14.6. The summed E-state index contributed by atoms with van der Waals surface area (Å²) >= 11 is 0. The highest BCUT2D eigenvalue weighted by Gasteiger charge is 2.35. The predicted octanol–water partition coefficient (Wildman–Crippen LogP) is 3.07. The highest BCUT2D eigenvalue weighted by molar-refractivity contribution is 5.89. The third-order valence-corrected chi connectivity index (χ3v) is 4.50. The van der Waals surface area contributed by atoms with Crippen LogP contribution in [0.25, 0.3) is 0 Å². The lowest BCUT2D eigenvalue weighted by Gasteiger charge is -2.42. The molecule has 9 heteroatoms. The van der Waals surface area contributed by atoms with E-state index >= 15 is 0 Å². The Bertz CT molecular complexity index is 673. The number of hydrogen-bond acceptors (Lipinski definition) is 3. The van der Waals surface area contributed by atoms with Crippen LogP contribution < -0.4 is 10.6 Å². The van der Waals surface area contributed by atoms with E-state index in [4.69, 9.17) is 5.11 Å². The lowest BCUT2D eigenvalue weighted by molar-refractivity contribution is -0.139. The van der Waals surface area contributed by atoms with Gasteiger partial charge in [-0.15, -0.1) is 0 Å². The molecule has 0 radical (unpaired) electrons. The van der Waals surface area contributed by atoms with Crippen LogP contribution >= 0.6 is 0 Å². The van der Waals surface area contributed by atoms with Gasteiger partial charge in [0, 0.05) is 17.8 Å². The van der Waals surface area contributed by atoms with Gasteiger partial charge in [-0.3, -0.25) is 9.69 Å². The molecule has 0 spiro atoms. The Morgan fingerprint density at radius 1 is 1.31 bits per heavy atom. The molecule has 0 atom stereocenters. The Labute approximate surface area is 149 Å². The predicted molar refractivity (Wildman–Crippen MR) is 90.0 cm³/mol. The van der Waals surface area contributed by atoms with Crippen LogP contribution in [0.4, 0.5) is 23.7 Å². The van der Waals surface area contributed by atoms with Crippen LogP contribution in [0.3, 0.4) is 0 Å². The molecule has 3 N–H and O–H groups in total. The van der Waals surface area contributed by atoms with Crippen LogP contribution in [0.15, 0.2) is 18.2 Å². The number of alkyl halides is 3. The van der Waals surface area contributed by atoms with Gasteiger partial charge in [0.1, 0.15) is 0 Å². The lowest BCUT2D eigenvalue weighted by Crippen LogP contribution is -2.55. The normalized spacial score (nSPS) is 19.8. The standard InChI is InChI=1S/C17H22F3N3O3/c1-3-23(9-15(24)25)13-7-12(8-13)22-16(26)21-11-4-5-14(10(2)6-11)17(18,19)20/h4-6,12-13H,3,7-9H2,1-2H3,(H,24,25)(H2,21,22,26). The van der Waals surface area contributed by atoms with E-state index < -0.39 is 23.7 Å². The number of carboxylic acid groups (broad SMARTS) is 1. The average molecular weight is 373 g/mol. The second kappa shape index (κ2) is 7.94. The van der Waals surface area contributed by atoms with Crippen molar-refractivity contribution >= 4 is 17.7 Å². The van der Waals surface area contributed by atoms with E-state index in [2.05, 4.69) is 10.6 Å². The third kappa shape index (κ3) is 5.10. The number of aliphatic carboxylic acids is 1. The molecule has 6 nitrogen and oxygen atoms in total. The van der Waals surface area contributed by atoms with E-state index in [1.54, 1.807) is 0 Å². The maximum atomic E-state index is 12.7. The molecule has 1 saturated carbocycles. The van der Waals surface area contributed by atoms with Gasteiger partial charge in [0.05, 0.1) is 12.1 Å². The highest BCUT2D eigenvalue weighted by atomic mass is 19.4. The zero-order chi connectivity index (χ0) is 19.5. The van der Waals surface area contributed by atoms with E-state index in [0.29, 0.717) is 19.4 Å². The molecule has 0 aromatic heterocycles. The third-order valence-electron chi connectivity index (χ3n) is 4.50. The van der Waals surface area contributed by atoms with Crippen LogP contribution in [0.1, 0.15) is 30.9 Å². The van der Waals surface area contributed by atoms with Crippen molar-refractivity contribution in [2.75, 3.05) is 18.4 Å². The summed E-state index contributed by atoms with van der Waals surface area (Å²) in [5.74, 6) is -0.890. The molecule has 2 amide bonds. The first-order chi connectivity index (χ1) is 12.1. The Morgan fingerprint density at radius 2 is 1.96 bits per heavy atom. The molecule has 1 aromatic carbocycles. The van der Waals surface area contributed by atoms with E-state index in [1.165, 1.54) is 19.1 Å². The molecule has 0 unspecified atom stereocenters. The van der Waals surface area contributed by atoms with Crippen molar-refractivity contribution in [2.24, 2.45) is 0 Å². The minimum Gasteiger partial charge on any atom is -0.480 e. The number of anilines is 1. The second-order valence-electron chi connectivity index (χ2n) is 6.40. The smallest absolute Gasteiger partial charge is 0.416 e. The highest BCUT2D eigenvalue weighted by Crippen LogP contribution is 2.33. The van der Waals surface area contributed by atoms with Crippen molar-refractivity contribution in [1.29, 1.82) is 0 Å². The van der Waals surface area contributed by atoms with Crippen molar-refractivity contribution in [3.63, 3.8) is 0 Å². The molecule has 144 valence electrons.